The van der Waals surface area contributed by atoms with Gasteiger partial charge in [0.15, 0.2) is 0 Å². The molecule has 0 aliphatic carbocycles. The van der Waals surface area contributed by atoms with Crippen molar-refractivity contribution in [3.63, 3.8) is 0 Å². The first-order chi connectivity index (χ1) is 5.75. The molecule has 3 heteroatoms. The Bertz CT molecular complexity index is 258. The van der Waals surface area contributed by atoms with Gasteiger partial charge in [-0.25, -0.2) is 5.43 Å². The van der Waals surface area contributed by atoms with E-state index in [9.17, 15) is 4.79 Å². The Morgan fingerprint density at radius 3 is 2.42 bits per heavy atom. The Morgan fingerprint density at radius 1 is 1.33 bits per heavy atom. The molecule has 3 nitrogen and oxygen atoms in total. The van der Waals surface area contributed by atoms with E-state index in [2.05, 4.69) is 5.43 Å². The molecular weight excluding hydrogens is 152 g/mol. The molecule has 1 N–H and O–H groups in total. The lowest BCUT2D eigenvalue weighted by Gasteiger charge is -2.14. The number of rotatable bonds is 2. The highest BCUT2D eigenvalue weighted by atomic mass is 16.2. The number of hydrogen-bond acceptors (Lipinski definition) is 2. The van der Waals surface area contributed by atoms with Crippen molar-refractivity contribution in [1.29, 1.82) is 0 Å². The van der Waals surface area contributed by atoms with Crippen LogP contribution in [0.25, 0.3) is 0 Å². The molecule has 0 unspecified atom stereocenters. The van der Waals surface area contributed by atoms with Crippen molar-refractivity contribution in [2.24, 2.45) is 0 Å². The van der Waals surface area contributed by atoms with E-state index < -0.39 is 0 Å². The van der Waals surface area contributed by atoms with E-state index in [0.29, 0.717) is 5.56 Å². The summed E-state index contributed by atoms with van der Waals surface area (Å²) < 4.78 is 0. The van der Waals surface area contributed by atoms with Crippen LogP contribution in [0.3, 0.4) is 0 Å². The summed E-state index contributed by atoms with van der Waals surface area (Å²) >= 11 is 0. The fourth-order valence-electron chi connectivity index (χ4n) is 0.876. The summed E-state index contributed by atoms with van der Waals surface area (Å²) in [7, 11) is 3.40. The Kier molecular flexibility index (Phi) is 2.82. The summed E-state index contributed by atoms with van der Waals surface area (Å²) in [6, 6.07) is 9.15. The van der Waals surface area contributed by atoms with Crippen molar-refractivity contribution in [2.45, 2.75) is 0 Å². The van der Waals surface area contributed by atoms with Crippen molar-refractivity contribution in [3.8, 4) is 0 Å². The molecule has 64 valence electrons. The van der Waals surface area contributed by atoms with Crippen molar-refractivity contribution in [1.82, 2.24) is 10.4 Å². The molecule has 0 spiro atoms. The van der Waals surface area contributed by atoms with Gasteiger partial charge < -0.3 is 0 Å². The van der Waals surface area contributed by atoms with Gasteiger partial charge in [-0.15, -0.1) is 0 Å². The number of amides is 1. The van der Waals surface area contributed by atoms with Crippen molar-refractivity contribution < 1.29 is 4.79 Å². The summed E-state index contributed by atoms with van der Waals surface area (Å²) in [6.07, 6.45) is 0. The van der Waals surface area contributed by atoms with Gasteiger partial charge in [-0.05, 0) is 12.1 Å². The number of carbonyl (C=O) groups is 1. The normalized spacial score (nSPS) is 9.50. The van der Waals surface area contributed by atoms with E-state index in [1.54, 1.807) is 26.2 Å². The van der Waals surface area contributed by atoms with E-state index in [0.717, 1.165) is 0 Å². The zero-order chi connectivity index (χ0) is 8.97. The van der Waals surface area contributed by atoms with Gasteiger partial charge in [-0.3, -0.25) is 9.80 Å². The molecule has 0 radical (unpaired) electrons. The van der Waals surface area contributed by atoms with Gasteiger partial charge in [0.05, 0.1) is 0 Å². The fraction of sp³-hybridized carbons (Fsp3) is 0.222. The highest BCUT2D eigenvalue weighted by Crippen LogP contribution is 2.00. The van der Waals surface area contributed by atoms with Crippen molar-refractivity contribution in [2.75, 3.05) is 14.1 Å². The largest absolute Gasteiger partial charge is 0.277 e. The van der Waals surface area contributed by atoms with Gasteiger partial charge >= 0.3 is 0 Å². The Labute approximate surface area is 72.0 Å². The lowest BCUT2D eigenvalue weighted by Crippen LogP contribution is -2.36. The van der Waals surface area contributed by atoms with Gasteiger partial charge in [0.25, 0.3) is 5.91 Å². The molecule has 0 aliphatic rings. The van der Waals surface area contributed by atoms with Crippen LogP contribution in [0, 0.1) is 0 Å². The summed E-state index contributed by atoms with van der Waals surface area (Å²) in [5.41, 5.74) is 3.44. The van der Waals surface area contributed by atoms with Crippen LogP contribution in [0.4, 0.5) is 0 Å². The van der Waals surface area contributed by atoms with Gasteiger partial charge in [0.2, 0.25) is 0 Å². The maximum Gasteiger partial charge on any atom is 0.267 e. The summed E-state index contributed by atoms with van der Waals surface area (Å²) in [4.78, 5) is 11.4. The molecule has 0 saturated carbocycles. The molecule has 0 atom stereocenters. The number of nitrogens with one attached hydrogen (secondary N) is 1. The third-order valence-electron chi connectivity index (χ3n) is 1.66. The number of hydrogen-bond donors (Lipinski definition) is 1. The molecule has 12 heavy (non-hydrogen) atoms. The second kappa shape index (κ2) is 3.88. The number of benzene rings is 1. The summed E-state index contributed by atoms with van der Waals surface area (Å²) in [5, 5.41) is 1.44. The van der Waals surface area contributed by atoms with Crippen molar-refractivity contribution in [3.05, 3.63) is 35.9 Å². The van der Waals surface area contributed by atoms with Crippen LogP contribution in [-0.4, -0.2) is 25.0 Å². The monoisotopic (exact) mass is 164 g/mol. The van der Waals surface area contributed by atoms with E-state index in [1.165, 1.54) is 5.01 Å². The Hall–Kier alpha value is -1.35. The third-order valence-corrected chi connectivity index (χ3v) is 1.66. The first kappa shape index (κ1) is 8.74. The van der Waals surface area contributed by atoms with Crippen LogP contribution >= 0.6 is 0 Å². The quantitative estimate of drug-likeness (QED) is 0.658. The van der Waals surface area contributed by atoms with Crippen LogP contribution in [0.2, 0.25) is 0 Å². The minimum Gasteiger partial charge on any atom is -0.277 e. The molecule has 1 rings (SSSR count). The predicted octanol–water partition coefficient (Wildman–Crippen LogP) is 0.893. The second-order valence-electron chi connectivity index (χ2n) is 2.45. The first-order valence-electron chi connectivity index (χ1n) is 3.76. The highest BCUT2D eigenvalue weighted by molar-refractivity contribution is 5.93. The summed E-state index contributed by atoms with van der Waals surface area (Å²) in [5.74, 6) is -0.0295. The van der Waals surface area contributed by atoms with Crippen LogP contribution < -0.4 is 5.43 Å². The van der Waals surface area contributed by atoms with Crippen LogP contribution in [0.15, 0.2) is 30.3 Å². The number of carbonyl (C=O) groups excluding carboxylic acids is 1. The molecule has 0 saturated heterocycles. The third kappa shape index (κ3) is 1.83. The average Bonchev–Trinajstić information content (AvgIpc) is 2.17. The highest BCUT2D eigenvalue weighted by Gasteiger charge is 2.07. The fourth-order valence-corrected chi connectivity index (χ4v) is 0.876. The summed E-state index contributed by atoms with van der Waals surface area (Å²) in [6.45, 7) is 0. The van der Waals surface area contributed by atoms with E-state index in [4.69, 9.17) is 0 Å². The van der Waals surface area contributed by atoms with Gasteiger partial charge in [0.1, 0.15) is 0 Å². The predicted molar refractivity (Wildman–Crippen MR) is 47.6 cm³/mol. The number of hydrazine groups is 1. The molecule has 0 fully saturated rings. The van der Waals surface area contributed by atoms with Crippen LogP contribution in [0.1, 0.15) is 10.4 Å². The lowest BCUT2D eigenvalue weighted by molar-refractivity contribution is 0.0735. The van der Waals surface area contributed by atoms with Crippen LogP contribution in [0.5, 0.6) is 0 Å². The van der Waals surface area contributed by atoms with Crippen molar-refractivity contribution >= 4 is 5.91 Å². The Balaban J connectivity index is 2.79. The molecule has 0 aromatic heterocycles. The topological polar surface area (TPSA) is 32.3 Å². The maximum absolute atomic E-state index is 11.4. The SMILES string of the molecule is CNN(C)C(=O)c1ccccc1. The smallest absolute Gasteiger partial charge is 0.267 e. The van der Waals surface area contributed by atoms with Gasteiger partial charge in [0, 0.05) is 19.7 Å². The minimum atomic E-state index is -0.0295. The van der Waals surface area contributed by atoms with Gasteiger partial charge in [-0.2, -0.15) is 0 Å². The van der Waals surface area contributed by atoms with E-state index in [1.807, 2.05) is 18.2 Å². The van der Waals surface area contributed by atoms with Gasteiger partial charge in [-0.1, -0.05) is 18.2 Å². The molecule has 1 aromatic carbocycles. The molecule has 0 heterocycles. The first-order valence-corrected chi connectivity index (χ1v) is 3.76. The zero-order valence-electron chi connectivity index (χ0n) is 7.24. The molecular formula is C9H12N2O. The number of nitrogens with zero attached hydrogens (tertiary/aromatic N) is 1. The van der Waals surface area contributed by atoms with E-state index in [-0.39, 0.29) is 5.91 Å². The average molecular weight is 164 g/mol. The van der Waals surface area contributed by atoms with E-state index >= 15 is 0 Å². The van der Waals surface area contributed by atoms with Crippen LogP contribution in [-0.2, 0) is 0 Å². The molecule has 0 bridgehead atoms. The minimum absolute atomic E-state index is 0.0295. The molecule has 1 amide bonds. The second-order valence-corrected chi connectivity index (χ2v) is 2.45. The maximum atomic E-state index is 11.4. The standard InChI is InChI=1S/C9H12N2O/c1-10-11(2)9(12)8-6-4-3-5-7-8/h3-7,10H,1-2H3. The zero-order valence-corrected chi connectivity index (χ0v) is 7.24. The molecule has 1 aromatic rings. The Morgan fingerprint density at radius 2 is 1.92 bits per heavy atom. The molecule has 0 aliphatic heterocycles. The lowest BCUT2D eigenvalue weighted by atomic mass is 10.2.